The molecule has 17 heavy (non-hydrogen) atoms. The molecule has 3 heteroatoms. The Balaban J connectivity index is 2.26. The highest BCUT2D eigenvalue weighted by Crippen LogP contribution is 2.15. The van der Waals surface area contributed by atoms with Crippen LogP contribution in [0.2, 0.25) is 0 Å². The molecule has 0 amide bonds. The van der Waals surface area contributed by atoms with Gasteiger partial charge in [-0.25, -0.2) is 0 Å². The Labute approximate surface area is 104 Å². The van der Waals surface area contributed by atoms with E-state index < -0.39 is 0 Å². The predicted molar refractivity (Wildman–Crippen MR) is 69.6 cm³/mol. The number of hydrogen-bond donors (Lipinski definition) is 1. The lowest BCUT2D eigenvalue weighted by molar-refractivity contribution is 0.0811. The van der Waals surface area contributed by atoms with Gasteiger partial charge in [0, 0.05) is 12.2 Å². The molecular weight excluding hydrogens is 214 g/mol. The molecule has 0 radical (unpaired) electrons. The predicted octanol–water partition coefficient (Wildman–Crippen LogP) is 3.47. The van der Waals surface area contributed by atoms with E-state index in [1.54, 1.807) is 6.26 Å². The topological polar surface area (TPSA) is 48.4 Å². The van der Waals surface area contributed by atoms with Gasteiger partial charge in [0.25, 0.3) is 0 Å². The molecule has 0 fully saturated rings. The number of ether oxygens (including phenoxy) is 1. The van der Waals surface area contributed by atoms with Gasteiger partial charge < -0.3 is 14.9 Å². The Kier molecular flexibility index (Phi) is 6.97. The molecule has 98 valence electrons. The average Bonchev–Trinajstić information content (AvgIpc) is 2.81. The molecule has 1 unspecified atom stereocenters. The first-order valence-corrected chi connectivity index (χ1v) is 6.64. The second-order valence-corrected chi connectivity index (χ2v) is 4.50. The highest BCUT2D eigenvalue weighted by Gasteiger charge is 2.08. The number of nitrogens with two attached hydrogens (primary N) is 1. The standard InChI is InChI=1S/C14H25NO2/c1-3-5-6-12(4-2)10-16-11-13-7-8-17-14(13)9-15/h7-8,12H,3-6,9-11,15H2,1-2H3. The maximum Gasteiger partial charge on any atom is 0.122 e. The van der Waals surface area contributed by atoms with Gasteiger partial charge in [0.1, 0.15) is 5.76 Å². The monoisotopic (exact) mass is 239 g/mol. The number of hydrogen-bond acceptors (Lipinski definition) is 3. The van der Waals surface area contributed by atoms with Gasteiger partial charge in [0.2, 0.25) is 0 Å². The zero-order chi connectivity index (χ0) is 12.5. The van der Waals surface area contributed by atoms with Gasteiger partial charge in [-0.2, -0.15) is 0 Å². The van der Waals surface area contributed by atoms with Crippen LogP contribution in [0.3, 0.4) is 0 Å². The summed E-state index contributed by atoms with van der Waals surface area (Å²) in [5, 5.41) is 0. The molecule has 1 aromatic heterocycles. The first-order valence-electron chi connectivity index (χ1n) is 6.64. The third kappa shape index (κ3) is 4.92. The quantitative estimate of drug-likeness (QED) is 0.717. The largest absolute Gasteiger partial charge is 0.468 e. The van der Waals surface area contributed by atoms with E-state index in [2.05, 4.69) is 13.8 Å². The molecule has 1 rings (SSSR count). The lowest BCUT2D eigenvalue weighted by Crippen LogP contribution is -2.09. The van der Waals surface area contributed by atoms with Gasteiger partial charge in [-0.05, 0) is 18.4 Å². The number of rotatable bonds is 9. The molecule has 0 aromatic carbocycles. The molecule has 0 spiro atoms. The van der Waals surface area contributed by atoms with Crippen LogP contribution in [0, 0.1) is 5.92 Å². The van der Waals surface area contributed by atoms with E-state index in [1.807, 2.05) is 6.07 Å². The molecule has 0 aliphatic carbocycles. The van der Waals surface area contributed by atoms with E-state index in [9.17, 15) is 0 Å². The maximum absolute atomic E-state index is 5.76. The van der Waals surface area contributed by atoms with E-state index in [4.69, 9.17) is 14.9 Å². The van der Waals surface area contributed by atoms with Crippen LogP contribution in [0.4, 0.5) is 0 Å². The molecule has 0 aliphatic heterocycles. The Morgan fingerprint density at radius 1 is 1.41 bits per heavy atom. The van der Waals surface area contributed by atoms with E-state index >= 15 is 0 Å². The first kappa shape index (κ1) is 14.3. The minimum absolute atomic E-state index is 0.443. The summed E-state index contributed by atoms with van der Waals surface area (Å²) in [6.45, 7) is 6.36. The molecule has 1 aromatic rings. The highest BCUT2D eigenvalue weighted by molar-refractivity contribution is 5.15. The molecule has 0 saturated carbocycles. The Morgan fingerprint density at radius 2 is 2.24 bits per heavy atom. The summed E-state index contributed by atoms with van der Waals surface area (Å²) in [5.74, 6) is 1.52. The van der Waals surface area contributed by atoms with Crippen LogP contribution in [0.15, 0.2) is 16.7 Å². The van der Waals surface area contributed by atoms with Crippen molar-refractivity contribution in [1.82, 2.24) is 0 Å². The SMILES string of the molecule is CCCCC(CC)COCc1ccoc1CN. The van der Waals surface area contributed by atoms with Gasteiger partial charge in [-0.3, -0.25) is 0 Å². The molecule has 0 saturated heterocycles. The summed E-state index contributed by atoms with van der Waals surface area (Å²) in [6.07, 6.45) is 6.68. The van der Waals surface area contributed by atoms with Crippen molar-refractivity contribution < 1.29 is 9.15 Å². The number of unbranched alkanes of at least 4 members (excludes halogenated alkanes) is 1. The Morgan fingerprint density at radius 3 is 2.88 bits per heavy atom. The highest BCUT2D eigenvalue weighted by atomic mass is 16.5. The van der Waals surface area contributed by atoms with Crippen LogP contribution < -0.4 is 5.73 Å². The first-order chi connectivity index (χ1) is 8.31. The minimum atomic E-state index is 0.443. The Bertz CT molecular complexity index is 296. The van der Waals surface area contributed by atoms with Crippen LogP contribution in [0.1, 0.15) is 50.9 Å². The summed E-state index contributed by atoms with van der Waals surface area (Å²) in [4.78, 5) is 0. The summed E-state index contributed by atoms with van der Waals surface area (Å²) in [7, 11) is 0. The van der Waals surface area contributed by atoms with Gasteiger partial charge in [0.15, 0.2) is 0 Å². The van der Waals surface area contributed by atoms with E-state index in [-0.39, 0.29) is 0 Å². The van der Waals surface area contributed by atoms with E-state index in [1.165, 1.54) is 25.7 Å². The molecule has 0 bridgehead atoms. The third-order valence-corrected chi connectivity index (χ3v) is 3.18. The summed E-state index contributed by atoms with van der Waals surface area (Å²) >= 11 is 0. The van der Waals surface area contributed by atoms with Crippen LogP contribution in [0.5, 0.6) is 0 Å². The second-order valence-electron chi connectivity index (χ2n) is 4.50. The molecular formula is C14H25NO2. The fourth-order valence-electron chi connectivity index (χ4n) is 1.91. The van der Waals surface area contributed by atoms with Gasteiger partial charge in [-0.15, -0.1) is 0 Å². The molecule has 2 N–H and O–H groups in total. The van der Waals surface area contributed by atoms with Crippen molar-refractivity contribution in [2.45, 2.75) is 52.7 Å². The van der Waals surface area contributed by atoms with Crippen LogP contribution in [-0.2, 0) is 17.9 Å². The lowest BCUT2D eigenvalue weighted by atomic mass is 10.0. The van der Waals surface area contributed by atoms with E-state index in [0.29, 0.717) is 19.1 Å². The second kappa shape index (κ2) is 8.31. The van der Waals surface area contributed by atoms with Crippen molar-refractivity contribution in [3.8, 4) is 0 Å². The normalized spacial score (nSPS) is 12.9. The van der Waals surface area contributed by atoms with Crippen molar-refractivity contribution in [2.24, 2.45) is 11.7 Å². The fourth-order valence-corrected chi connectivity index (χ4v) is 1.91. The van der Waals surface area contributed by atoms with Crippen molar-refractivity contribution in [2.75, 3.05) is 6.61 Å². The smallest absolute Gasteiger partial charge is 0.122 e. The fraction of sp³-hybridized carbons (Fsp3) is 0.714. The van der Waals surface area contributed by atoms with E-state index in [0.717, 1.165) is 17.9 Å². The lowest BCUT2D eigenvalue weighted by Gasteiger charge is -2.14. The maximum atomic E-state index is 5.76. The van der Waals surface area contributed by atoms with Crippen molar-refractivity contribution in [1.29, 1.82) is 0 Å². The zero-order valence-corrected chi connectivity index (χ0v) is 11.1. The minimum Gasteiger partial charge on any atom is -0.468 e. The van der Waals surface area contributed by atoms with Gasteiger partial charge in [0.05, 0.1) is 19.4 Å². The van der Waals surface area contributed by atoms with Gasteiger partial charge in [-0.1, -0.05) is 33.1 Å². The summed E-state index contributed by atoms with van der Waals surface area (Å²) < 4.78 is 11.0. The van der Waals surface area contributed by atoms with Crippen LogP contribution in [-0.4, -0.2) is 6.61 Å². The zero-order valence-electron chi connectivity index (χ0n) is 11.1. The third-order valence-electron chi connectivity index (χ3n) is 3.18. The van der Waals surface area contributed by atoms with Crippen LogP contribution >= 0.6 is 0 Å². The molecule has 0 aliphatic rings. The van der Waals surface area contributed by atoms with Crippen molar-refractivity contribution in [3.63, 3.8) is 0 Å². The van der Waals surface area contributed by atoms with Crippen LogP contribution in [0.25, 0.3) is 0 Å². The van der Waals surface area contributed by atoms with Crippen molar-refractivity contribution >= 4 is 0 Å². The Hall–Kier alpha value is -0.800. The summed E-state index contributed by atoms with van der Waals surface area (Å²) in [5.41, 5.74) is 6.65. The summed E-state index contributed by atoms with van der Waals surface area (Å²) in [6, 6.07) is 1.94. The van der Waals surface area contributed by atoms with Gasteiger partial charge >= 0.3 is 0 Å². The number of furan rings is 1. The molecule has 1 heterocycles. The molecule has 3 nitrogen and oxygen atoms in total. The molecule has 1 atom stereocenters. The van der Waals surface area contributed by atoms with Crippen molar-refractivity contribution in [3.05, 3.63) is 23.7 Å². The average molecular weight is 239 g/mol.